The third-order valence-corrected chi connectivity index (χ3v) is 3.49. The number of hydrogen-bond acceptors (Lipinski definition) is 3. The van der Waals surface area contributed by atoms with Gasteiger partial charge in [0.05, 0.1) is 11.6 Å². The number of aromatic nitrogens is 1. The highest BCUT2D eigenvalue weighted by molar-refractivity contribution is 7.11. The molecule has 0 unspecified atom stereocenters. The number of aryl methyl sites for hydroxylation is 1. The quantitative estimate of drug-likeness (QED) is 0.827. The Kier molecular flexibility index (Phi) is 2.82. The van der Waals surface area contributed by atoms with Gasteiger partial charge in [0.15, 0.2) is 0 Å². The summed E-state index contributed by atoms with van der Waals surface area (Å²) in [5.74, 6) is 0.492. The fourth-order valence-electron chi connectivity index (χ4n) is 1.48. The standard InChI is InChI=1S/C10H14N2OS/c1-7-11-5-9(14-7)6-12-10(13)8-3-2-4-8/h5,8H,2-4,6H2,1H3,(H,12,13). The van der Waals surface area contributed by atoms with Gasteiger partial charge in [0.25, 0.3) is 0 Å². The molecule has 4 heteroatoms. The van der Waals surface area contributed by atoms with Crippen molar-refractivity contribution < 1.29 is 4.79 Å². The van der Waals surface area contributed by atoms with Crippen LogP contribution in [0.15, 0.2) is 6.20 Å². The summed E-state index contributed by atoms with van der Waals surface area (Å²) in [6, 6.07) is 0. The van der Waals surface area contributed by atoms with Crippen molar-refractivity contribution in [3.05, 3.63) is 16.1 Å². The van der Waals surface area contributed by atoms with Crippen molar-refractivity contribution in [2.24, 2.45) is 5.92 Å². The predicted molar refractivity (Wildman–Crippen MR) is 56.0 cm³/mol. The van der Waals surface area contributed by atoms with E-state index in [-0.39, 0.29) is 11.8 Å². The van der Waals surface area contributed by atoms with Crippen LogP contribution in [0.5, 0.6) is 0 Å². The number of rotatable bonds is 3. The monoisotopic (exact) mass is 210 g/mol. The Morgan fingerprint density at radius 1 is 1.71 bits per heavy atom. The second kappa shape index (κ2) is 4.09. The molecule has 0 saturated heterocycles. The van der Waals surface area contributed by atoms with Gasteiger partial charge in [0.2, 0.25) is 5.91 Å². The van der Waals surface area contributed by atoms with Crippen LogP contribution in [0.25, 0.3) is 0 Å². The van der Waals surface area contributed by atoms with E-state index < -0.39 is 0 Å². The van der Waals surface area contributed by atoms with E-state index in [0.717, 1.165) is 22.7 Å². The van der Waals surface area contributed by atoms with Gasteiger partial charge < -0.3 is 5.32 Å². The smallest absolute Gasteiger partial charge is 0.223 e. The molecule has 0 aliphatic heterocycles. The van der Waals surface area contributed by atoms with Gasteiger partial charge in [-0.3, -0.25) is 4.79 Å². The largest absolute Gasteiger partial charge is 0.351 e. The second-order valence-electron chi connectivity index (χ2n) is 3.69. The van der Waals surface area contributed by atoms with Gasteiger partial charge in [-0.2, -0.15) is 0 Å². The molecule has 3 nitrogen and oxygen atoms in total. The van der Waals surface area contributed by atoms with Gasteiger partial charge >= 0.3 is 0 Å². The van der Waals surface area contributed by atoms with Crippen molar-refractivity contribution in [2.75, 3.05) is 0 Å². The minimum atomic E-state index is 0.210. The van der Waals surface area contributed by atoms with Gasteiger partial charge in [-0.05, 0) is 19.8 Å². The van der Waals surface area contributed by atoms with Crippen molar-refractivity contribution in [1.29, 1.82) is 0 Å². The second-order valence-corrected chi connectivity index (χ2v) is 5.01. The highest BCUT2D eigenvalue weighted by Gasteiger charge is 2.24. The summed E-state index contributed by atoms with van der Waals surface area (Å²) in [5, 5.41) is 4.00. The molecule has 1 heterocycles. The van der Waals surface area contributed by atoms with Crippen molar-refractivity contribution in [1.82, 2.24) is 10.3 Å². The van der Waals surface area contributed by atoms with E-state index in [0.29, 0.717) is 6.54 Å². The van der Waals surface area contributed by atoms with E-state index in [2.05, 4.69) is 10.3 Å². The fourth-order valence-corrected chi connectivity index (χ4v) is 2.21. The maximum Gasteiger partial charge on any atom is 0.223 e. The van der Waals surface area contributed by atoms with Gasteiger partial charge in [-0.15, -0.1) is 11.3 Å². The maximum absolute atomic E-state index is 11.5. The third-order valence-electron chi connectivity index (χ3n) is 2.58. The average molecular weight is 210 g/mol. The SMILES string of the molecule is Cc1ncc(CNC(=O)C2CCC2)s1. The lowest BCUT2D eigenvalue weighted by molar-refractivity contribution is -0.127. The highest BCUT2D eigenvalue weighted by atomic mass is 32.1. The Hall–Kier alpha value is -0.900. The van der Waals surface area contributed by atoms with Crippen LogP contribution in [0, 0.1) is 12.8 Å². The van der Waals surface area contributed by atoms with Crippen LogP contribution < -0.4 is 5.32 Å². The van der Waals surface area contributed by atoms with E-state index in [1.165, 1.54) is 6.42 Å². The Morgan fingerprint density at radius 2 is 2.50 bits per heavy atom. The molecular weight excluding hydrogens is 196 g/mol. The molecule has 0 bridgehead atoms. The summed E-state index contributed by atoms with van der Waals surface area (Å²) in [5.41, 5.74) is 0. The molecule has 2 rings (SSSR count). The number of carbonyl (C=O) groups excluding carboxylic acids is 1. The number of thiazole rings is 1. The zero-order valence-corrected chi connectivity index (χ0v) is 9.06. The van der Waals surface area contributed by atoms with Crippen LogP contribution in [0.1, 0.15) is 29.1 Å². The van der Waals surface area contributed by atoms with Gasteiger partial charge in [-0.25, -0.2) is 4.98 Å². The minimum absolute atomic E-state index is 0.210. The van der Waals surface area contributed by atoms with E-state index >= 15 is 0 Å². The number of carbonyl (C=O) groups is 1. The summed E-state index contributed by atoms with van der Waals surface area (Å²) in [7, 11) is 0. The topological polar surface area (TPSA) is 42.0 Å². The minimum Gasteiger partial charge on any atom is -0.351 e. The van der Waals surface area contributed by atoms with Crippen molar-refractivity contribution in [3.8, 4) is 0 Å². The Balaban J connectivity index is 1.79. The first kappa shape index (κ1) is 9.65. The average Bonchev–Trinajstić information content (AvgIpc) is 2.45. The molecule has 1 aliphatic rings. The summed E-state index contributed by atoms with van der Waals surface area (Å²) in [4.78, 5) is 16.8. The van der Waals surface area contributed by atoms with Gasteiger partial charge in [0.1, 0.15) is 0 Å². The molecule has 0 atom stereocenters. The van der Waals surface area contributed by atoms with Crippen LogP contribution in [-0.4, -0.2) is 10.9 Å². The van der Waals surface area contributed by atoms with E-state index in [4.69, 9.17) is 0 Å². The Morgan fingerprint density at radius 3 is 3.00 bits per heavy atom. The third kappa shape index (κ3) is 2.12. The molecule has 1 fully saturated rings. The zero-order valence-electron chi connectivity index (χ0n) is 8.25. The molecule has 14 heavy (non-hydrogen) atoms. The van der Waals surface area contributed by atoms with E-state index in [1.807, 2.05) is 13.1 Å². The summed E-state index contributed by atoms with van der Waals surface area (Å²) < 4.78 is 0. The molecule has 76 valence electrons. The lowest BCUT2D eigenvalue weighted by Crippen LogP contribution is -2.33. The molecule has 1 aromatic heterocycles. The van der Waals surface area contributed by atoms with Crippen molar-refractivity contribution >= 4 is 17.2 Å². The van der Waals surface area contributed by atoms with E-state index in [9.17, 15) is 4.79 Å². The Bertz CT molecular complexity index is 331. The molecule has 0 radical (unpaired) electrons. The van der Waals surface area contributed by atoms with Crippen LogP contribution in [0.2, 0.25) is 0 Å². The summed E-state index contributed by atoms with van der Waals surface area (Å²) >= 11 is 1.64. The highest BCUT2D eigenvalue weighted by Crippen LogP contribution is 2.26. The van der Waals surface area contributed by atoms with Crippen molar-refractivity contribution in [2.45, 2.75) is 32.7 Å². The number of hydrogen-bond donors (Lipinski definition) is 1. The predicted octanol–water partition coefficient (Wildman–Crippen LogP) is 1.87. The first-order valence-electron chi connectivity index (χ1n) is 4.95. The molecule has 0 spiro atoms. The van der Waals surface area contributed by atoms with Crippen LogP contribution in [0.3, 0.4) is 0 Å². The van der Waals surface area contributed by atoms with Crippen molar-refractivity contribution in [3.63, 3.8) is 0 Å². The number of amides is 1. The first-order chi connectivity index (χ1) is 6.75. The van der Waals surface area contributed by atoms with Crippen LogP contribution in [0.4, 0.5) is 0 Å². The Labute approximate surface area is 87.6 Å². The number of nitrogens with zero attached hydrogens (tertiary/aromatic N) is 1. The lowest BCUT2D eigenvalue weighted by atomic mass is 9.85. The molecule has 1 aromatic rings. The first-order valence-corrected chi connectivity index (χ1v) is 5.76. The normalized spacial score (nSPS) is 16.4. The fraction of sp³-hybridized carbons (Fsp3) is 0.600. The maximum atomic E-state index is 11.5. The zero-order chi connectivity index (χ0) is 9.97. The van der Waals surface area contributed by atoms with Gasteiger partial charge in [0, 0.05) is 17.0 Å². The molecular formula is C10H14N2OS. The van der Waals surface area contributed by atoms with Crippen LogP contribution in [-0.2, 0) is 11.3 Å². The lowest BCUT2D eigenvalue weighted by Gasteiger charge is -2.23. The van der Waals surface area contributed by atoms with Gasteiger partial charge in [-0.1, -0.05) is 6.42 Å². The molecule has 1 saturated carbocycles. The van der Waals surface area contributed by atoms with Crippen LogP contribution >= 0.6 is 11.3 Å². The molecule has 1 N–H and O–H groups in total. The van der Waals surface area contributed by atoms with E-state index in [1.54, 1.807) is 11.3 Å². The molecule has 0 aromatic carbocycles. The molecule has 1 aliphatic carbocycles. The summed E-state index contributed by atoms with van der Waals surface area (Å²) in [6.45, 7) is 2.61. The molecule has 1 amide bonds. The number of nitrogens with one attached hydrogen (secondary N) is 1. The summed E-state index contributed by atoms with van der Waals surface area (Å²) in [6.07, 6.45) is 5.17.